The summed E-state index contributed by atoms with van der Waals surface area (Å²) in [5, 5.41) is 1.50. The van der Waals surface area contributed by atoms with Crippen molar-refractivity contribution >= 4 is 39.6 Å². The average molecular weight is 429 g/mol. The summed E-state index contributed by atoms with van der Waals surface area (Å²) in [7, 11) is 0. The Balaban J connectivity index is 1.40. The van der Waals surface area contributed by atoms with Gasteiger partial charge in [0, 0.05) is 23.4 Å². The Morgan fingerprint density at radius 1 is 0.968 bits per heavy atom. The largest absolute Gasteiger partial charge is 0.486 e. The highest BCUT2D eigenvalue weighted by Crippen LogP contribution is 2.36. The molecule has 0 unspecified atom stereocenters. The van der Waals surface area contributed by atoms with E-state index in [4.69, 9.17) is 21.1 Å². The maximum atomic E-state index is 12.4. The lowest BCUT2D eigenvalue weighted by atomic mass is 9.97. The fraction of sp³-hybridized carbons (Fsp3) is 0.0800. The molecule has 6 heteroatoms. The highest BCUT2D eigenvalue weighted by molar-refractivity contribution is 6.33. The number of ether oxygens (including phenoxy) is 2. The first kappa shape index (κ1) is 19.3. The summed E-state index contributed by atoms with van der Waals surface area (Å²) in [6, 6.07) is 20.9. The van der Waals surface area contributed by atoms with Gasteiger partial charge in [0.2, 0.25) is 0 Å². The highest BCUT2D eigenvalue weighted by Gasteiger charge is 2.27. The van der Waals surface area contributed by atoms with Crippen molar-refractivity contribution in [1.82, 2.24) is 9.97 Å². The normalized spacial score (nSPS) is 13.5. The molecule has 0 N–H and O–H groups in total. The molecule has 1 aliphatic heterocycles. The van der Waals surface area contributed by atoms with Crippen LogP contribution in [-0.2, 0) is 16.1 Å². The molecule has 4 aromatic rings. The van der Waals surface area contributed by atoms with E-state index in [0.717, 1.165) is 27.7 Å². The number of hydrogen-bond acceptors (Lipinski definition) is 5. The van der Waals surface area contributed by atoms with E-state index >= 15 is 0 Å². The number of carbonyl (C=O) groups excluding carboxylic acids is 1. The minimum Gasteiger partial charge on any atom is -0.486 e. The van der Waals surface area contributed by atoms with Gasteiger partial charge in [-0.05, 0) is 47.5 Å². The Labute approximate surface area is 183 Å². The van der Waals surface area contributed by atoms with Crippen molar-refractivity contribution in [2.75, 3.05) is 6.61 Å². The third-order valence-corrected chi connectivity index (χ3v) is 5.43. The third kappa shape index (κ3) is 3.88. The van der Waals surface area contributed by atoms with Gasteiger partial charge in [0.1, 0.15) is 19.0 Å². The molecule has 0 radical (unpaired) electrons. The van der Waals surface area contributed by atoms with Crippen LogP contribution in [0, 0.1) is 0 Å². The van der Waals surface area contributed by atoms with Crippen molar-refractivity contribution < 1.29 is 14.3 Å². The summed E-state index contributed by atoms with van der Waals surface area (Å²) in [6.07, 6.45) is 3.38. The van der Waals surface area contributed by atoms with Crippen LogP contribution >= 0.6 is 11.6 Å². The number of rotatable bonds is 5. The van der Waals surface area contributed by atoms with Gasteiger partial charge in [0.05, 0.1) is 21.8 Å². The second-order valence-corrected chi connectivity index (χ2v) is 7.50. The van der Waals surface area contributed by atoms with Gasteiger partial charge in [-0.1, -0.05) is 41.9 Å². The summed E-state index contributed by atoms with van der Waals surface area (Å²) < 4.78 is 11.2. The third-order valence-electron chi connectivity index (χ3n) is 5.13. The molecule has 5 nitrogen and oxygen atoms in total. The number of nitrogens with zero attached hydrogens (tertiary/aromatic N) is 2. The Morgan fingerprint density at radius 2 is 1.81 bits per heavy atom. The number of cyclic esters (lactones) is 1. The van der Waals surface area contributed by atoms with E-state index in [9.17, 15) is 4.79 Å². The second-order valence-electron chi connectivity index (χ2n) is 7.09. The monoisotopic (exact) mass is 428 g/mol. The lowest BCUT2D eigenvalue weighted by molar-refractivity contribution is -0.133. The summed E-state index contributed by atoms with van der Waals surface area (Å²) >= 11 is 6.48. The topological polar surface area (TPSA) is 61.3 Å². The van der Waals surface area contributed by atoms with Crippen LogP contribution in [0.25, 0.3) is 22.0 Å². The van der Waals surface area contributed by atoms with Crippen molar-refractivity contribution in [3.63, 3.8) is 0 Å². The van der Waals surface area contributed by atoms with E-state index in [2.05, 4.69) is 9.97 Å². The second kappa shape index (κ2) is 8.20. The molecule has 0 saturated heterocycles. The SMILES string of the molecule is O=C1OCC(c2ccncc2)=C1c1ccc(OCc2ccc3ccccc3n2)c(Cl)c1. The Morgan fingerprint density at radius 3 is 2.65 bits per heavy atom. The van der Waals surface area contributed by atoms with E-state index in [0.29, 0.717) is 21.9 Å². The molecule has 31 heavy (non-hydrogen) atoms. The molecule has 152 valence electrons. The fourth-order valence-electron chi connectivity index (χ4n) is 3.59. The molecular weight excluding hydrogens is 412 g/mol. The van der Waals surface area contributed by atoms with Crippen LogP contribution in [0.15, 0.2) is 79.1 Å². The molecule has 0 spiro atoms. The fourth-order valence-corrected chi connectivity index (χ4v) is 3.83. The van der Waals surface area contributed by atoms with Gasteiger partial charge in [-0.25, -0.2) is 9.78 Å². The molecule has 0 fully saturated rings. The smallest absolute Gasteiger partial charge is 0.339 e. The van der Waals surface area contributed by atoms with Crippen LogP contribution in [0.3, 0.4) is 0 Å². The zero-order valence-electron chi connectivity index (χ0n) is 16.4. The standard InChI is InChI=1S/C25H17ClN2O3/c26-21-13-18(24-20(15-31-25(24)29)16-9-11-27-12-10-16)6-8-23(21)30-14-19-7-5-17-3-1-2-4-22(17)28-19/h1-13H,14-15H2. The predicted octanol–water partition coefficient (Wildman–Crippen LogP) is 5.33. The zero-order valence-corrected chi connectivity index (χ0v) is 17.2. The molecule has 2 aromatic heterocycles. The first-order valence-electron chi connectivity index (χ1n) is 9.77. The molecule has 3 heterocycles. The number of benzene rings is 2. The van der Waals surface area contributed by atoms with E-state index < -0.39 is 0 Å². The van der Waals surface area contributed by atoms with Crippen molar-refractivity contribution in [3.8, 4) is 5.75 Å². The number of pyridine rings is 2. The van der Waals surface area contributed by atoms with Gasteiger partial charge >= 0.3 is 5.97 Å². The number of para-hydroxylation sites is 1. The lowest BCUT2D eigenvalue weighted by Gasteiger charge is -2.10. The number of fused-ring (bicyclic) bond motifs is 1. The van der Waals surface area contributed by atoms with Gasteiger partial charge in [-0.15, -0.1) is 0 Å². The van der Waals surface area contributed by atoms with Crippen LogP contribution in [0.4, 0.5) is 0 Å². The zero-order chi connectivity index (χ0) is 21.2. The average Bonchev–Trinajstić information content (AvgIpc) is 3.20. The minimum absolute atomic E-state index is 0.224. The summed E-state index contributed by atoms with van der Waals surface area (Å²) in [4.78, 5) is 21.0. The Bertz CT molecular complexity index is 1320. The number of aromatic nitrogens is 2. The van der Waals surface area contributed by atoms with E-state index in [1.807, 2.05) is 54.6 Å². The molecule has 0 aliphatic carbocycles. The quantitative estimate of drug-likeness (QED) is 0.402. The van der Waals surface area contributed by atoms with Crippen LogP contribution < -0.4 is 4.74 Å². The maximum absolute atomic E-state index is 12.4. The predicted molar refractivity (Wildman–Crippen MR) is 120 cm³/mol. The maximum Gasteiger partial charge on any atom is 0.339 e. The minimum atomic E-state index is -0.364. The molecule has 5 rings (SSSR count). The van der Waals surface area contributed by atoms with Gasteiger partial charge in [0.15, 0.2) is 0 Å². The van der Waals surface area contributed by atoms with E-state index in [-0.39, 0.29) is 19.2 Å². The molecular formula is C25H17ClN2O3. The Kier molecular flexibility index (Phi) is 5.10. The molecule has 1 aliphatic rings. The molecule has 2 aromatic carbocycles. The molecule has 0 saturated carbocycles. The molecule has 0 atom stereocenters. The number of carbonyl (C=O) groups is 1. The lowest BCUT2D eigenvalue weighted by Crippen LogP contribution is -2.01. The van der Waals surface area contributed by atoms with Crippen molar-refractivity contribution in [3.05, 3.63) is 101 Å². The number of esters is 1. The summed E-state index contributed by atoms with van der Waals surface area (Å²) in [5.74, 6) is 0.162. The first-order valence-corrected chi connectivity index (χ1v) is 10.1. The number of hydrogen-bond donors (Lipinski definition) is 0. The molecule has 0 amide bonds. The highest BCUT2D eigenvalue weighted by atomic mass is 35.5. The van der Waals surface area contributed by atoms with Gasteiger partial charge in [-0.3, -0.25) is 4.98 Å². The van der Waals surface area contributed by atoms with Crippen LogP contribution in [0.1, 0.15) is 16.8 Å². The van der Waals surface area contributed by atoms with Gasteiger partial charge in [-0.2, -0.15) is 0 Å². The molecule has 0 bridgehead atoms. The Hall–Kier alpha value is -3.70. The van der Waals surface area contributed by atoms with Crippen LogP contribution in [-0.4, -0.2) is 22.5 Å². The number of halogens is 1. The van der Waals surface area contributed by atoms with Gasteiger partial charge in [0.25, 0.3) is 0 Å². The van der Waals surface area contributed by atoms with Crippen molar-refractivity contribution in [1.29, 1.82) is 0 Å². The summed E-state index contributed by atoms with van der Waals surface area (Å²) in [5.41, 5.74) is 4.64. The van der Waals surface area contributed by atoms with E-state index in [1.54, 1.807) is 24.5 Å². The summed E-state index contributed by atoms with van der Waals surface area (Å²) in [6.45, 7) is 0.512. The van der Waals surface area contributed by atoms with Crippen LogP contribution in [0.2, 0.25) is 5.02 Å². The van der Waals surface area contributed by atoms with Crippen molar-refractivity contribution in [2.45, 2.75) is 6.61 Å². The van der Waals surface area contributed by atoms with Gasteiger partial charge < -0.3 is 9.47 Å². The van der Waals surface area contributed by atoms with Crippen LogP contribution in [0.5, 0.6) is 5.75 Å². The first-order chi connectivity index (χ1) is 15.2. The van der Waals surface area contributed by atoms with Crippen molar-refractivity contribution in [2.24, 2.45) is 0 Å². The van der Waals surface area contributed by atoms with E-state index in [1.165, 1.54) is 0 Å².